The van der Waals surface area contributed by atoms with E-state index >= 15 is 0 Å². The van der Waals surface area contributed by atoms with E-state index in [0.29, 0.717) is 12.5 Å². The Morgan fingerprint density at radius 3 is 2.73 bits per heavy atom. The van der Waals surface area contributed by atoms with Crippen molar-refractivity contribution in [3.8, 4) is 0 Å². The van der Waals surface area contributed by atoms with Gasteiger partial charge in [-0.2, -0.15) is 12.6 Å². The molecule has 0 spiro atoms. The Labute approximate surface area is 73.7 Å². The third-order valence-corrected chi connectivity index (χ3v) is 1.70. The van der Waals surface area contributed by atoms with Crippen molar-refractivity contribution in [2.45, 2.75) is 26.7 Å². The summed E-state index contributed by atoms with van der Waals surface area (Å²) in [5.41, 5.74) is 0. The second-order valence-corrected chi connectivity index (χ2v) is 3.05. The summed E-state index contributed by atoms with van der Waals surface area (Å²) in [6.07, 6.45) is 2.25. The summed E-state index contributed by atoms with van der Waals surface area (Å²) >= 11 is 3.80. The topological polar surface area (TPSA) is 26.3 Å². The quantitative estimate of drug-likeness (QED) is 0.511. The van der Waals surface area contributed by atoms with E-state index in [2.05, 4.69) is 26.5 Å². The summed E-state index contributed by atoms with van der Waals surface area (Å²) in [6.45, 7) is 4.74. The van der Waals surface area contributed by atoms with Crippen LogP contribution in [0.1, 0.15) is 26.7 Å². The maximum absolute atomic E-state index is 10.6. The monoisotopic (exact) mass is 176 g/mol. The molecule has 1 atom stereocenters. The molecule has 66 valence electrons. The van der Waals surface area contributed by atoms with Gasteiger partial charge in [-0.05, 0) is 12.3 Å². The number of hydrogen-bond donors (Lipinski definition) is 1. The Morgan fingerprint density at radius 2 is 2.27 bits per heavy atom. The Balaban J connectivity index is 3.29. The second-order valence-electron chi connectivity index (χ2n) is 2.73. The van der Waals surface area contributed by atoms with Gasteiger partial charge in [0.15, 0.2) is 0 Å². The molecule has 0 bridgehead atoms. The van der Waals surface area contributed by atoms with Crippen LogP contribution in [0, 0.1) is 5.92 Å². The van der Waals surface area contributed by atoms with Gasteiger partial charge in [0.2, 0.25) is 0 Å². The van der Waals surface area contributed by atoms with Crippen LogP contribution >= 0.6 is 12.6 Å². The zero-order valence-electron chi connectivity index (χ0n) is 7.17. The first-order valence-corrected chi connectivity index (χ1v) is 4.60. The van der Waals surface area contributed by atoms with Crippen molar-refractivity contribution in [3.05, 3.63) is 0 Å². The fourth-order valence-corrected chi connectivity index (χ4v) is 0.948. The molecule has 0 saturated heterocycles. The molecule has 3 heteroatoms. The Bertz CT molecular complexity index is 115. The summed E-state index contributed by atoms with van der Waals surface area (Å²) in [7, 11) is 0. The largest absolute Gasteiger partial charge is 0.465 e. The number of thiol groups is 1. The Hall–Kier alpha value is -0.180. The summed E-state index contributed by atoms with van der Waals surface area (Å²) < 4.78 is 4.89. The van der Waals surface area contributed by atoms with E-state index in [4.69, 9.17) is 4.74 Å². The average Bonchev–Trinajstić information content (AvgIpc) is 2.01. The zero-order chi connectivity index (χ0) is 8.69. The van der Waals surface area contributed by atoms with Crippen LogP contribution in [0.4, 0.5) is 0 Å². The van der Waals surface area contributed by atoms with E-state index in [0.717, 1.165) is 12.8 Å². The van der Waals surface area contributed by atoms with Crippen molar-refractivity contribution in [2.75, 3.05) is 12.4 Å². The minimum absolute atomic E-state index is 0.179. The molecule has 0 aliphatic rings. The molecular weight excluding hydrogens is 160 g/mol. The predicted molar refractivity (Wildman–Crippen MR) is 48.9 cm³/mol. The molecule has 0 N–H and O–H groups in total. The van der Waals surface area contributed by atoms with Crippen LogP contribution < -0.4 is 0 Å². The molecule has 0 rings (SSSR count). The SMILES string of the molecule is CCCC(C)COC(=O)CS. The molecule has 0 aromatic rings. The predicted octanol–water partition coefficient (Wildman–Crippen LogP) is 1.90. The number of hydrogen-bond acceptors (Lipinski definition) is 3. The van der Waals surface area contributed by atoms with Crippen LogP contribution in [-0.4, -0.2) is 18.3 Å². The molecule has 1 unspecified atom stereocenters. The van der Waals surface area contributed by atoms with E-state index in [1.807, 2.05) is 0 Å². The average molecular weight is 176 g/mol. The van der Waals surface area contributed by atoms with Crippen LogP contribution in [0.5, 0.6) is 0 Å². The van der Waals surface area contributed by atoms with Gasteiger partial charge in [0, 0.05) is 0 Å². The van der Waals surface area contributed by atoms with E-state index in [1.54, 1.807) is 0 Å². The first-order chi connectivity index (χ1) is 5.20. The molecule has 0 aromatic heterocycles. The van der Waals surface area contributed by atoms with Crippen LogP contribution in [-0.2, 0) is 9.53 Å². The van der Waals surface area contributed by atoms with Gasteiger partial charge in [0.1, 0.15) is 0 Å². The molecule has 0 saturated carbocycles. The maximum Gasteiger partial charge on any atom is 0.315 e. The van der Waals surface area contributed by atoms with Gasteiger partial charge in [0.05, 0.1) is 12.4 Å². The fraction of sp³-hybridized carbons (Fsp3) is 0.875. The number of esters is 1. The molecule has 0 fully saturated rings. The van der Waals surface area contributed by atoms with Crippen molar-refractivity contribution in [1.29, 1.82) is 0 Å². The number of ether oxygens (including phenoxy) is 1. The highest BCUT2D eigenvalue weighted by atomic mass is 32.1. The highest BCUT2D eigenvalue weighted by molar-refractivity contribution is 7.81. The van der Waals surface area contributed by atoms with Gasteiger partial charge in [-0.3, -0.25) is 4.79 Å². The Morgan fingerprint density at radius 1 is 1.64 bits per heavy atom. The van der Waals surface area contributed by atoms with Gasteiger partial charge < -0.3 is 4.74 Å². The highest BCUT2D eigenvalue weighted by Crippen LogP contribution is 2.04. The van der Waals surface area contributed by atoms with Crippen LogP contribution in [0.2, 0.25) is 0 Å². The maximum atomic E-state index is 10.6. The van der Waals surface area contributed by atoms with Gasteiger partial charge >= 0.3 is 5.97 Å². The lowest BCUT2D eigenvalue weighted by molar-refractivity contribution is -0.141. The molecular formula is C8H16O2S. The molecule has 0 aliphatic heterocycles. The van der Waals surface area contributed by atoms with E-state index < -0.39 is 0 Å². The standard InChI is InChI=1S/C8H16O2S/c1-3-4-7(2)5-10-8(9)6-11/h7,11H,3-6H2,1-2H3. The lowest BCUT2D eigenvalue weighted by Gasteiger charge is -2.09. The minimum atomic E-state index is -0.226. The summed E-state index contributed by atoms with van der Waals surface area (Å²) in [5.74, 6) is 0.430. The zero-order valence-corrected chi connectivity index (χ0v) is 8.06. The van der Waals surface area contributed by atoms with Crippen molar-refractivity contribution in [2.24, 2.45) is 5.92 Å². The lowest BCUT2D eigenvalue weighted by Crippen LogP contribution is -2.12. The molecule has 0 radical (unpaired) electrons. The van der Waals surface area contributed by atoms with E-state index in [9.17, 15) is 4.79 Å². The third-order valence-electron chi connectivity index (χ3n) is 1.44. The first-order valence-electron chi connectivity index (χ1n) is 3.97. The van der Waals surface area contributed by atoms with Gasteiger partial charge in [-0.1, -0.05) is 20.3 Å². The van der Waals surface area contributed by atoms with Crippen LogP contribution in [0.3, 0.4) is 0 Å². The van der Waals surface area contributed by atoms with Gasteiger partial charge in [-0.25, -0.2) is 0 Å². The van der Waals surface area contributed by atoms with Crippen molar-refractivity contribution >= 4 is 18.6 Å². The summed E-state index contributed by atoms with van der Waals surface area (Å²) in [4.78, 5) is 10.6. The van der Waals surface area contributed by atoms with Crippen molar-refractivity contribution in [1.82, 2.24) is 0 Å². The van der Waals surface area contributed by atoms with Crippen molar-refractivity contribution in [3.63, 3.8) is 0 Å². The highest BCUT2D eigenvalue weighted by Gasteiger charge is 2.03. The first kappa shape index (κ1) is 10.8. The smallest absolute Gasteiger partial charge is 0.315 e. The van der Waals surface area contributed by atoms with E-state index in [-0.39, 0.29) is 11.7 Å². The summed E-state index contributed by atoms with van der Waals surface area (Å²) in [5, 5.41) is 0. The second kappa shape index (κ2) is 6.53. The molecule has 11 heavy (non-hydrogen) atoms. The van der Waals surface area contributed by atoms with Crippen LogP contribution in [0.25, 0.3) is 0 Å². The lowest BCUT2D eigenvalue weighted by atomic mass is 10.1. The normalized spacial score (nSPS) is 12.6. The van der Waals surface area contributed by atoms with Gasteiger partial charge in [0.25, 0.3) is 0 Å². The van der Waals surface area contributed by atoms with Crippen LogP contribution in [0.15, 0.2) is 0 Å². The molecule has 0 aromatic carbocycles. The number of carbonyl (C=O) groups is 1. The number of carbonyl (C=O) groups excluding carboxylic acids is 1. The fourth-order valence-electron chi connectivity index (χ4n) is 0.857. The molecule has 0 amide bonds. The molecule has 0 aliphatic carbocycles. The van der Waals surface area contributed by atoms with Gasteiger partial charge in [-0.15, -0.1) is 0 Å². The molecule has 0 heterocycles. The minimum Gasteiger partial charge on any atom is -0.465 e. The van der Waals surface area contributed by atoms with Crippen molar-refractivity contribution < 1.29 is 9.53 Å². The number of rotatable bonds is 5. The summed E-state index contributed by atoms with van der Waals surface area (Å²) in [6, 6.07) is 0. The Kier molecular flexibility index (Phi) is 6.42. The molecule has 2 nitrogen and oxygen atoms in total. The van der Waals surface area contributed by atoms with E-state index in [1.165, 1.54) is 0 Å². The third kappa shape index (κ3) is 6.23.